The Balaban J connectivity index is 2.20. The van der Waals surface area contributed by atoms with Gasteiger partial charge in [0.1, 0.15) is 0 Å². The predicted octanol–water partition coefficient (Wildman–Crippen LogP) is 3.50. The van der Waals surface area contributed by atoms with Crippen LogP contribution in [0, 0.1) is 5.41 Å². The molecule has 5 heteroatoms. The van der Waals surface area contributed by atoms with Crippen molar-refractivity contribution >= 4 is 15.8 Å². The van der Waals surface area contributed by atoms with Gasteiger partial charge in [-0.15, -0.1) is 0 Å². The second-order valence-electron chi connectivity index (χ2n) is 6.47. The summed E-state index contributed by atoms with van der Waals surface area (Å²) in [5.74, 6) is 0.132. The Morgan fingerprint density at radius 3 is 2.14 bits per heavy atom. The molecule has 124 valence electrons. The molecule has 0 amide bonds. The van der Waals surface area contributed by atoms with E-state index in [4.69, 9.17) is 0 Å². The molecule has 0 radical (unpaired) electrons. The van der Waals surface area contributed by atoms with Crippen molar-refractivity contribution in [3.63, 3.8) is 0 Å². The lowest BCUT2D eigenvalue weighted by Gasteiger charge is -2.13. The van der Waals surface area contributed by atoms with Crippen LogP contribution in [-0.2, 0) is 19.4 Å². The number of sulfone groups is 1. The molecule has 0 aromatic heterocycles. The van der Waals surface area contributed by atoms with Gasteiger partial charge in [-0.25, -0.2) is 8.42 Å². The second-order valence-corrected chi connectivity index (χ2v) is 8.65. The molecule has 0 unspecified atom stereocenters. The zero-order valence-corrected chi connectivity index (χ0v) is 14.3. The van der Waals surface area contributed by atoms with Gasteiger partial charge < -0.3 is 4.74 Å². The average molecular weight is 318 g/mol. The van der Waals surface area contributed by atoms with Crippen LogP contribution in [0.4, 0.5) is 0 Å². The number of unbranched alkanes of at least 4 members (excludes halogenated alkanes) is 6. The molecule has 0 spiro atoms. The highest BCUT2D eigenvalue weighted by Crippen LogP contribution is 2.50. The zero-order chi connectivity index (χ0) is 15.8. The first-order valence-electron chi connectivity index (χ1n) is 8.20. The van der Waals surface area contributed by atoms with Crippen molar-refractivity contribution in [2.45, 2.75) is 71.1 Å². The van der Waals surface area contributed by atoms with Crippen molar-refractivity contribution in [1.82, 2.24) is 0 Å². The third-order valence-electron chi connectivity index (χ3n) is 4.29. The van der Waals surface area contributed by atoms with Gasteiger partial charge in [-0.05, 0) is 24.7 Å². The van der Waals surface area contributed by atoms with Gasteiger partial charge in [-0.3, -0.25) is 4.79 Å². The lowest BCUT2D eigenvalue weighted by molar-refractivity contribution is -0.141. The molecule has 0 aromatic rings. The highest BCUT2D eigenvalue weighted by Gasteiger charge is 2.47. The van der Waals surface area contributed by atoms with Crippen molar-refractivity contribution in [2.75, 3.05) is 18.6 Å². The lowest BCUT2D eigenvalue weighted by atomic mass is 10.1. The van der Waals surface area contributed by atoms with Crippen LogP contribution in [0.15, 0.2) is 0 Å². The minimum absolute atomic E-state index is 0.158. The van der Waals surface area contributed by atoms with Gasteiger partial charge >= 0.3 is 5.97 Å². The summed E-state index contributed by atoms with van der Waals surface area (Å²) in [4.78, 5) is 11.3. The van der Waals surface area contributed by atoms with Crippen LogP contribution < -0.4 is 0 Å². The maximum Gasteiger partial charge on any atom is 0.306 e. The van der Waals surface area contributed by atoms with E-state index in [1.165, 1.54) is 32.8 Å². The summed E-state index contributed by atoms with van der Waals surface area (Å²) in [5, 5.41) is 0. The smallest absolute Gasteiger partial charge is 0.306 e. The number of hydrogen-bond acceptors (Lipinski definition) is 4. The number of rotatable bonds is 12. The van der Waals surface area contributed by atoms with Crippen LogP contribution >= 0.6 is 0 Å². The number of esters is 1. The second kappa shape index (κ2) is 8.76. The molecule has 1 aliphatic carbocycles. The van der Waals surface area contributed by atoms with E-state index in [0.29, 0.717) is 0 Å². The number of carbonyl (C=O) groups excluding carboxylic acids is 1. The fourth-order valence-electron chi connectivity index (χ4n) is 2.75. The van der Waals surface area contributed by atoms with Crippen molar-refractivity contribution in [2.24, 2.45) is 5.41 Å². The summed E-state index contributed by atoms with van der Waals surface area (Å²) >= 11 is 0. The summed E-state index contributed by atoms with van der Waals surface area (Å²) in [7, 11) is -1.68. The van der Waals surface area contributed by atoms with Crippen LogP contribution in [0.3, 0.4) is 0 Å². The normalized spacial score (nSPS) is 16.7. The van der Waals surface area contributed by atoms with Gasteiger partial charge in [-0.1, -0.05) is 45.4 Å². The zero-order valence-electron chi connectivity index (χ0n) is 13.5. The molecule has 1 saturated carbocycles. The van der Waals surface area contributed by atoms with E-state index in [9.17, 15) is 13.2 Å². The summed E-state index contributed by atoms with van der Waals surface area (Å²) in [6.45, 7) is 2.19. The standard InChI is InChI=1S/C16H30O4S/c1-3-4-5-6-7-8-9-12-21(18,19)14-16(10-11-16)13-15(17)20-2/h3-14H2,1-2H3. The van der Waals surface area contributed by atoms with E-state index in [2.05, 4.69) is 11.7 Å². The van der Waals surface area contributed by atoms with Gasteiger partial charge in [0.15, 0.2) is 9.84 Å². The maximum absolute atomic E-state index is 12.1. The third-order valence-corrected chi connectivity index (χ3v) is 6.25. The quantitative estimate of drug-likeness (QED) is 0.408. The van der Waals surface area contributed by atoms with Crippen LogP contribution in [0.1, 0.15) is 71.1 Å². The Labute approximate surface area is 129 Å². The van der Waals surface area contributed by atoms with E-state index >= 15 is 0 Å². The summed E-state index contributed by atoms with van der Waals surface area (Å²) in [5.41, 5.74) is -0.312. The third kappa shape index (κ3) is 7.84. The molecule has 1 fully saturated rings. The van der Waals surface area contributed by atoms with Gasteiger partial charge in [0, 0.05) is 0 Å². The van der Waals surface area contributed by atoms with Crippen LogP contribution in [0.5, 0.6) is 0 Å². The number of carbonyl (C=O) groups is 1. The highest BCUT2D eigenvalue weighted by molar-refractivity contribution is 7.91. The van der Waals surface area contributed by atoms with Crippen molar-refractivity contribution in [3.05, 3.63) is 0 Å². The summed E-state index contributed by atoms with van der Waals surface area (Å²) < 4.78 is 28.9. The van der Waals surface area contributed by atoms with Crippen molar-refractivity contribution in [3.8, 4) is 0 Å². The molecule has 0 heterocycles. The molecule has 1 rings (SSSR count). The largest absolute Gasteiger partial charge is 0.469 e. The van der Waals surface area contributed by atoms with Crippen LogP contribution in [-0.4, -0.2) is 33.0 Å². The lowest BCUT2D eigenvalue weighted by Crippen LogP contribution is -2.23. The summed E-state index contributed by atoms with van der Waals surface area (Å²) in [6, 6.07) is 0. The first-order valence-corrected chi connectivity index (χ1v) is 10.0. The molecule has 0 N–H and O–H groups in total. The topological polar surface area (TPSA) is 60.4 Å². The Morgan fingerprint density at radius 2 is 1.62 bits per heavy atom. The molecular weight excluding hydrogens is 288 g/mol. The maximum atomic E-state index is 12.1. The number of ether oxygens (including phenoxy) is 1. The minimum Gasteiger partial charge on any atom is -0.469 e. The molecular formula is C16H30O4S. The highest BCUT2D eigenvalue weighted by atomic mass is 32.2. The van der Waals surface area contributed by atoms with Crippen LogP contribution in [0.25, 0.3) is 0 Å². The molecule has 0 bridgehead atoms. The van der Waals surface area contributed by atoms with E-state index < -0.39 is 9.84 Å². The first-order chi connectivity index (χ1) is 9.93. The monoisotopic (exact) mass is 318 g/mol. The Bertz CT molecular complexity index is 410. The molecule has 21 heavy (non-hydrogen) atoms. The van der Waals surface area contributed by atoms with E-state index in [0.717, 1.165) is 32.1 Å². The Hall–Kier alpha value is -0.580. The van der Waals surface area contributed by atoms with Gasteiger partial charge in [-0.2, -0.15) is 0 Å². The molecule has 0 saturated heterocycles. The molecule has 4 nitrogen and oxygen atoms in total. The first kappa shape index (κ1) is 18.5. The van der Waals surface area contributed by atoms with Gasteiger partial charge in [0.05, 0.1) is 25.0 Å². The molecule has 1 aliphatic rings. The van der Waals surface area contributed by atoms with E-state index in [-0.39, 0.29) is 29.3 Å². The van der Waals surface area contributed by atoms with E-state index in [1.807, 2.05) is 0 Å². The van der Waals surface area contributed by atoms with Crippen LogP contribution in [0.2, 0.25) is 0 Å². The Morgan fingerprint density at radius 1 is 1.05 bits per heavy atom. The van der Waals surface area contributed by atoms with Gasteiger partial charge in [0.2, 0.25) is 0 Å². The Kier molecular flexibility index (Phi) is 7.71. The van der Waals surface area contributed by atoms with Crippen molar-refractivity contribution in [1.29, 1.82) is 0 Å². The van der Waals surface area contributed by atoms with Crippen molar-refractivity contribution < 1.29 is 17.9 Å². The minimum atomic E-state index is -3.04. The molecule has 0 aliphatic heterocycles. The van der Waals surface area contributed by atoms with Gasteiger partial charge in [0.25, 0.3) is 0 Å². The number of methoxy groups -OCH3 is 1. The molecule has 0 atom stereocenters. The fraction of sp³-hybridized carbons (Fsp3) is 0.938. The average Bonchev–Trinajstić information content (AvgIpc) is 3.15. The molecule has 0 aromatic carbocycles. The van der Waals surface area contributed by atoms with E-state index in [1.54, 1.807) is 0 Å². The fourth-order valence-corrected chi connectivity index (χ4v) is 4.86. The summed E-state index contributed by atoms with van der Waals surface area (Å²) in [6.07, 6.45) is 9.76. The predicted molar refractivity (Wildman–Crippen MR) is 84.9 cm³/mol. The number of hydrogen-bond donors (Lipinski definition) is 0. The SMILES string of the molecule is CCCCCCCCCS(=O)(=O)CC1(CC(=O)OC)CC1.